The second-order valence-electron chi connectivity index (χ2n) is 15.0. The zero-order valence-electron chi connectivity index (χ0n) is 31.7. The van der Waals surface area contributed by atoms with Gasteiger partial charge in [-0.3, -0.25) is 4.99 Å². The van der Waals surface area contributed by atoms with Gasteiger partial charge in [-0.25, -0.2) is 5.43 Å². The lowest BCUT2D eigenvalue weighted by atomic mass is 9.93. The summed E-state index contributed by atoms with van der Waals surface area (Å²) < 4.78 is 6.65. The first kappa shape index (κ1) is 34.7. The van der Waals surface area contributed by atoms with E-state index in [9.17, 15) is 0 Å². The van der Waals surface area contributed by atoms with Gasteiger partial charge in [0.15, 0.2) is 0 Å². The summed E-state index contributed by atoms with van der Waals surface area (Å²) in [4.78, 5) is 5.17. The maximum absolute atomic E-state index is 6.65. The Morgan fingerprint density at radius 2 is 1.42 bits per heavy atom. The predicted octanol–water partition coefficient (Wildman–Crippen LogP) is 13.3. The minimum absolute atomic E-state index is 0.0102. The summed E-state index contributed by atoms with van der Waals surface area (Å²) >= 11 is 0. The number of nitrogens with one attached hydrogen (secondary N) is 2. The smallest absolute Gasteiger partial charge is 0.142 e. The van der Waals surface area contributed by atoms with Crippen LogP contribution in [0.15, 0.2) is 191 Å². The number of hydrogen-bond donors (Lipinski definition) is 2. The monoisotopic (exact) mass is 738 g/mol. The van der Waals surface area contributed by atoms with Crippen LogP contribution in [0.1, 0.15) is 59.6 Å². The van der Waals surface area contributed by atoms with Crippen molar-refractivity contribution in [2.45, 2.75) is 31.6 Å². The Bertz CT molecular complexity index is 2750. The second kappa shape index (κ2) is 15.0. The Labute approximate surface area is 333 Å². The van der Waals surface area contributed by atoms with Gasteiger partial charge in [0.05, 0.1) is 0 Å². The van der Waals surface area contributed by atoms with Gasteiger partial charge >= 0.3 is 0 Å². The Balaban J connectivity index is 0.981. The van der Waals surface area contributed by atoms with E-state index in [1.165, 1.54) is 22.1 Å². The van der Waals surface area contributed by atoms with E-state index in [-0.39, 0.29) is 12.3 Å². The van der Waals surface area contributed by atoms with Crippen molar-refractivity contribution in [1.29, 1.82) is 0 Å². The van der Waals surface area contributed by atoms with Gasteiger partial charge in [-0.2, -0.15) is 5.01 Å². The van der Waals surface area contributed by atoms with E-state index < -0.39 is 0 Å². The number of allylic oxidation sites excluding steroid dienone is 1. The molecule has 1 saturated heterocycles. The van der Waals surface area contributed by atoms with Crippen LogP contribution >= 0.6 is 0 Å². The molecular formula is C52H42N4O. The molecule has 1 aromatic heterocycles. The molecule has 0 bridgehead atoms. The quantitative estimate of drug-likeness (QED) is 0.108. The van der Waals surface area contributed by atoms with E-state index in [0.29, 0.717) is 5.92 Å². The van der Waals surface area contributed by atoms with Crippen molar-refractivity contribution < 1.29 is 4.42 Å². The van der Waals surface area contributed by atoms with Crippen molar-refractivity contribution >= 4 is 34.6 Å². The van der Waals surface area contributed by atoms with Crippen LogP contribution in [0.4, 0.5) is 11.4 Å². The summed E-state index contributed by atoms with van der Waals surface area (Å²) in [7, 11) is 0. The number of anilines is 2. The van der Waals surface area contributed by atoms with Crippen molar-refractivity contribution in [3.8, 4) is 33.4 Å². The van der Waals surface area contributed by atoms with Crippen molar-refractivity contribution in [3.05, 3.63) is 210 Å². The highest BCUT2D eigenvalue weighted by Crippen LogP contribution is 2.44. The van der Waals surface area contributed by atoms with Crippen LogP contribution in [0.2, 0.25) is 0 Å². The molecule has 10 rings (SSSR count). The Morgan fingerprint density at radius 3 is 2.25 bits per heavy atom. The van der Waals surface area contributed by atoms with Gasteiger partial charge in [0.1, 0.15) is 23.7 Å². The van der Waals surface area contributed by atoms with Gasteiger partial charge in [0.2, 0.25) is 0 Å². The van der Waals surface area contributed by atoms with Crippen LogP contribution in [0.5, 0.6) is 0 Å². The van der Waals surface area contributed by atoms with Gasteiger partial charge in [0, 0.05) is 45.6 Å². The number of aliphatic imine (C=N–C) groups is 1. The number of para-hydroxylation sites is 1. The molecule has 0 saturated carbocycles. The summed E-state index contributed by atoms with van der Waals surface area (Å²) in [5.41, 5.74) is 18.0. The largest absolute Gasteiger partial charge is 0.459 e. The molecule has 8 aromatic rings. The first-order chi connectivity index (χ1) is 28.2. The molecular weight excluding hydrogens is 697 g/mol. The van der Waals surface area contributed by atoms with E-state index >= 15 is 0 Å². The summed E-state index contributed by atoms with van der Waals surface area (Å²) in [6.45, 7) is 2.24. The van der Waals surface area contributed by atoms with Gasteiger partial charge in [0.25, 0.3) is 0 Å². The second-order valence-corrected chi connectivity index (χ2v) is 15.0. The molecule has 0 amide bonds. The Kier molecular flexibility index (Phi) is 9.15. The summed E-state index contributed by atoms with van der Waals surface area (Å²) in [5.74, 6) is 1.44. The average Bonchev–Trinajstić information content (AvgIpc) is 3.97. The normalized spacial score (nSPS) is 17.7. The third-order valence-electron chi connectivity index (χ3n) is 11.1. The van der Waals surface area contributed by atoms with E-state index in [4.69, 9.17) is 9.41 Å². The molecule has 7 aromatic carbocycles. The van der Waals surface area contributed by atoms with Crippen molar-refractivity contribution in [2.75, 3.05) is 5.32 Å². The zero-order chi connectivity index (χ0) is 38.1. The van der Waals surface area contributed by atoms with Crippen LogP contribution in [0.3, 0.4) is 0 Å². The molecule has 4 atom stereocenters. The van der Waals surface area contributed by atoms with Gasteiger partial charge in [-0.05, 0) is 69.6 Å². The highest BCUT2D eigenvalue weighted by Gasteiger charge is 2.41. The number of furan rings is 1. The first-order valence-corrected chi connectivity index (χ1v) is 19.7. The number of hydrazine groups is 1. The molecule has 5 heteroatoms. The molecule has 1 fully saturated rings. The minimum atomic E-state index is -0.231. The van der Waals surface area contributed by atoms with Crippen LogP contribution in [-0.2, 0) is 0 Å². The Morgan fingerprint density at radius 1 is 0.684 bits per heavy atom. The zero-order valence-corrected chi connectivity index (χ0v) is 31.7. The molecule has 276 valence electrons. The van der Waals surface area contributed by atoms with E-state index in [2.05, 4.69) is 193 Å². The molecule has 1 aliphatic heterocycles. The highest BCUT2D eigenvalue weighted by atomic mass is 16.3. The van der Waals surface area contributed by atoms with Crippen molar-refractivity contribution in [2.24, 2.45) is 4.99 Å². The molecule has 4 unspecified atom stereocenters. The fraction of sp³-hybridized carbons (Fsp3) is 0.0962. The fourth-order valence-corrected chi connectivity index (χ4v) is 8.12. The number of hydrogen-bond acceptors (Lipinski definition) is 5. The maximum atomic E-state index is 6.65. The molecule has 5 nitrogen and oxygen atoms in total. The Hall–Kier alpha value is -6.79. The maximum Gasteiger partial charge on any atom is 0.142 e. The van der Waals surface area contributed by atoms with E-state index in [1.807, 2.05) is 24.4 Å². The van der Waals surface area contributed by atoms with Crippen LogP contribution in [0.25, 0.3) is 50.4 Å². The van der Waals surface area contributed by atoms with Crippen LogP contribution in [0, 0.1) is 0 Å². The lowest BCUT2D eigenvalue weighted by Gasteiger charge is -2.17. The number of nitrogens with zero attached hydrogens (tertiary/aromatic N) is 2. The third-order valence-corrected chi connectivity index (χ3v) is 11.1. The van der Waals surface area contributed by atoms with Crippen molar-refractivity contribution in [3.63, 3.8) is 0 Å². The van der Waals surface area contributed by atoms with Gasteiger partial charge < -0.3 is 9.73 Å². The number of rotatable bonds is 10. The summed E-state index contributed by atoms with van der Waals surface area (Å²) in [6, 6.07) is 62.0. The molecule has 1 aliphatic carbocycles. The van der Waals surface area contributed by atoms with Gasteiger partial charge in [-0.15, -0.1) is 0 Å². The standard InChI is InChI=1S/C52H42N4O/c1-35-15-11-27-46-47-28-14-26-45(50(47)57-49(35)46)40-29-30-44(38-20-9-4-10-21-38)48(33-40)54-43-25-13-24-42(32-43)52-55-56(52)51(53-34-36-16-5-2-6-17-36)41-23-12-22-39(31-41)37-18-7-3-8-19-37/h2-14,16-35,51-52,54-55H,15H2,1H3. The lowest BCUT2D eigenvalue weighted by molar-refractivity contribution is 0.372. The predicted molar refractivity (Wildman–Crippen MR) is 235 cm³/mol. The first-order valence-electron chi connectivity index (χ1n) is 19.7. The fourth-order valence-electron chi connectivity index (χ4n) is 8.12. The lowest BCUT2D eigenvalue weighted by Crippen LogP contribution is -2.11. The number of fused-ring (bicyclic) bond motifs is 3. The molecule has 0 radical (unpaired) electrons. The summed E-state index contributed by atoms with van der Waals surface area (Å²) in [5, 5.41) is 7.24. The SMILES string of the molecule is CC1CC=Cc2c1oc1c(-c3ccc(-c4ccccc4)c(Nc4cccc(C5NN5C(N=Cc5ccccc5)c5cccc(-c6ccccc6)c5)c4)c3)cccc21. The minimum Gasteiger partial charge on any atom is -0.459 e. The van der Waals surface area contributed by atoms with Crippen molar-refractivity contribution in [1.82, 2.24) is 10.4 Å². The third kappa shape index (κ3) is 7.00. The molecule has 2 N–H and O–H groups in total. The molecule has 2 heterocycles. The van der Waals surface area contributed by atoms with E-state index in [1.54, 1.807) is 0 Å². The molecule has 0 spiro atoms. The number of benzene rings is 7. The topological polar surface area (TPSA) is 62.5 Å². The van der Waals surface area contributed by atoms with E-state index in [0.717, 1.165) is 68.1 Å². The molecule has 2 aliphatic rings. The average molecular weight is 739 g/mol. The molecule has 57 heavy (non-hydrogen) atoms. The summed E-state index contributed by atoms with van der Waals surface area (Å²) in [6.07, 6.45) is 7.21. The van der Waals surface area contributed by atoms with Gasteiger partial charge in [-0.1, -0.05) is 171 Å². The van der Waals surface area contributed by atoms with Crippen LogP contribution in [-0.4, -0.2) is 11.2 Å². The van der Waals surface area contributed by atoms with Crippen LogP contribution < -0.4 is 10.7 Å². The highest BCUT2D eigenvalue weighted by molar-refractivity contribution is 5.99.